The van der Waals surface area contributed by atoms with E-state index in [9.17, 15) is 22.8 Å². The van der Waals surface area contributed by atoms with Gasteiger partial charge in [-0.15, -0.1) is 13.2 Å². The summed E-state index contributed by atoms with van der Waals surface area (Å²) in [6, 6.07) is 15.4. The van der Waals surface area contributed by atoms with Gasteiger partial charge in [-0.25, -0.2) is 4.52 Å². The third kappa shape index (κ3) is 5.66. The van der Waals surface area contributed by atoms with Gasteiger partial charge in [0.1, 0.15) is 17.0 Å². The Balaban J connectivity index is 1.15. The minimum Gasteiger partial charge on any atom is -0.406 e. The fourth-order valence-electron chi connectivity index (χ4n) is 4.85. The molecule has 0 bridgehead atoms. The number of nitrogens with one attached hydrogen (secondary N) is 2. The van der Waals surface area contributed by atoms with Crippen LogP contribution in [0.15, 0.2) is 65.6 Å². The first kappa shape index (κ1) is 25.4. The fourth-order valence-corrected chi connectivity index (χ4v) is 4.85. The number of halogens is 3. The van der Waals surface area contributed by atoms with E-state index < -0.39 is 6.36 Å². The van der Waals surface area contributed by atoms with E-state index in [2.05, 4.69) is 25.0 Å². The maximum Gasteiger partial charge on any atom is 0.573 e. The number of benzene rings is 2. The number of hydrogen-bond donors (Lipinski definition) is 2. The third-order valence-corrected chi connectivity index (χ3v) is 6.76. The smallest absolute Gasteiger partial charge is 0.406 e. The molecule has 1 amide bonds. The molecule has 2 N–H and O–H groups in total. The van der Waals surface area contributed by atoms with Crippen LogP contribution in [0.5, 0.6) is 5.75 Å². The molecule has 0 radical (unpaired) electrons. The van der Waals surface area contributed by atoms with Crippen molar-refractivity contribution in [3.8, 4) is 5.75 Å². The molecule has 11 heteroatoms. The molecule has 1 aliphatic rings. The topological polar surface area (TPSA) is 91.7 Å². The molecule has 198 valence electrons. The highest BCUT2D eigenvalue weighted by Gasteiger charge is 2.31. The van der Waals surface area contributed by atoms with Gasteiger partial charge in [-0.2, -0.15) is 5.10 Å². The number of rotatable bonds is 6. The summed E-state index contributed by atoms with van der Waals surface area (Å²) in [5, 5.41) is 7.16. The Morgan fingerprint density at radius 2 is 1.76 bits per heavy atom. The molecular formula is C27H26F3N5O3. The summed E-state index contributed by atoms with van der Waals surface area (Å²) in [5.41, 5.74) is 3.93. The minimum atomic E-state index is -4.69. The Morgan fingerprint density at radius 1 is 1.08 bits per heavy atom. The summed E-state index contributed by atoms with van der Waals surface area (Å²) >= 11 is 0. The first-order valence-corrected chi connectivity index (χ1v) is 12.2. The van der Waals surface area contributed by atoms with E-state index in [4.69, 9.17) is 0 Å². The van der Waals surface area contributed by atoms with Crippen molar-refractivity contribution in [1.29, 1.82) is 0 Å². The molecule has 1 fully saturated rings. The van der Waals surface area contributed by atoms with Crippen LogP contribution < -0.4 is 20.5 Å². The maximum atomic E-state index is 12.8. The van der Waals surface area contributed by atoms with Crippen molar-refractivity contribution < 1.29 is 22.7 Å². The molecular weight excluding hydrogens is 499 g/mol. The molecule has 5 rings (SSSR count). The second-order valence-electron chi connectivity index (χ2n) is 9.29. The average Bonchev–Trinajstić information content (AvgIpc) is 3.22. The van der Waals surface area contributed by atoms with Crippen LogP contribution in [0.1, 0.15) is 45.9 Å². The molecule has 2 aromatic heterocycles. The number of H-pyrrole nitrogens is 1. The highest BCUT2D eigenvalue weighted by molar-refractivity contribution is 6.00. The second kappa shape index (κ2) is 10.2. The molecule has 0 atom stereocenters. The zero-order valence-electron chi connectivity index (χ0n) is 20.6. The second-order valence-corrected chi connectivity index (χ2v) is 9.29. The predicted molar refractivity (Wildman–Crippen MR) is 135 cm³/mol. The van der Waals surface area contributed by atoms with Crippen LogP contribution in [0.25, 0.3) is 5.65 Å². The van der Waals surface area contributed by atoms with E-state index in [-0.39, 0.29) is 23.1 Å². The Hall–Kier alpha value is -4.28. The lowest BCUT2D eigenvalue weighted by atomic mass is 9.89. The lowest BCUT2D eigenvalue weighted by Gasteiger charge is -2.34. The molecule has 8 nitrogen and oxygen atoms in total. The van der Waals surface area contributed by atoms with Crippen molar-refractivity contribution in [3.05, 3.63) is 93.5 Å². The zero-order valence-corrected chi connectivity index (χ0v) is 20.6. The number of carbonyl (C=O) groups excluding carboxylic acids is 1. The molecule has 3 heterocycles. The first-order valence-electron chi connectivity index (χ1n) is 12.2. The fraction of sp³-hybridized carbons (Fsp3) is 0.296. The number of anilines is 1. The third-order valence-electron chi connectivity index (χ3n) is 6.76. The Bertz CT molecular complexity index is 1490. The van der Waals surface area contributed by atoms with Crippen molar-refractivity contribution in [2.24, 2.45) is 0 Å². The van der Waals surface area contributed by atoms with E-state index in [1.165, 1.54) is 28.9 Å². The van der Waals surface area contributed by atoms with E-state index in [1.54, 1.807) is 19.1 Å². The van der Waals surface area contributed by atoms with Gasteiger partial charge in [0.05, 0.1) is 5.69 Å². The normalized spacial score (nSPS) is 14.6. The SMILES string of the molecule is Cc1nn2ccc(=O)[nH]c2c1C(=O)NCc1ccc(N2CCC(c3ccc(OC(F)(F)F)cc3)CC2)cc1. The van der Waals surface area contributed by atoms with Crippen LogP contribution in [-0.2, 0) is 6.54 Å². The number of fused-ring (bicyclic) bond motifs is 1. The summed E-state index contributed by atoms with van der Waals surface area (Å²) in [6.45, 7) is 3.69. The van der Waals surface area contributed by atoms with Gasteiger partial charge in [0.15, 0.2) is 0 Å². The minimum absolute atomic E-state index is 0.210. The number of aryl methyl sites for hydroxylation is 1. The number of hydrogen-bond acceptors (Lipinski definition) is 5. The van der Waals surface area contributed by atoms with Crippen LogP contribution in [0, 0.1) is 6.92 Å². The quantitative estimate of drug-likeness (QED) is 0.386. The monoisotopic (exact) mass is 525 g/mol. The van der Waals surface area contributed by atoms with E-state index in [1.807, 2.05) is 24.3 Å². The van der Waals surface area contributed by atoms with Gasteiger partial charge in [-0.05, 0) is 61.1 Å². The van der Waals surface area contributed by atoms with Gasteiger partial charge in [-0.3, -0.25) is 9.59 Å². The lowest BCUT2D eigenvalue weighted by molar-refractivity contribution is -0.274. The summed E-state index contributed by atoms with van der Waals surface area (Å²) in [5.74, 6) is -0.249. The van der Waals surface area contributed by atoms with Crippen molar-refractivity contribution in [1.82, 2.24) is 19.9 Å². The molecule has 0 unspecified atom stereocenters. The summed E-state index contributed by atoms with van der Waals surface area (Å²) in [7, 11) is 0. The molecule has 2 aromatic carbocycles. The van der Waals surface area contributed by atoms with Crippen LogP contribution >= 0.6 is 0 Å². The van der Waals surface area contributed by atoms with Crippen LogP contribution in [0.3, 0.4) is 0 Å². The van der Waals surface area contributed by atoms with Gasteiger partial charge >= 0.3 is 6.36 Å². The first-order chi connectivity index (χ1) is 18.2. The number of aromatic amines is 1. The van der Waals surface area contributed by atoms with Crippen molar-refractivity contribution in [3.63, 3.8) is 0 Å². The van der Waals surface area contributed by atoms with Crippen molar-refractivity contribution in [2.45, 2.75) is 38.6 Å². The number of carbonyl (C=O) groups is 1. The highest BCUT2D eigenvalue weighted by Crippen LogP contribution is 2.32. The zero-order chi connectivity index (χ0) is 26.9. The van der Waals surface area contributed by atoms with Crippen LogP contribution in [0.4, 0.5) is 18.9 Å². The van der Waals surface area contributed by atoms with Crippen LogP contribution in [0.2, 0.25) is 0 Å². The lowest BCUT2D eigenvalue weighted by Crippen LogP contribution is -2.32. The van der Waals surface area contributed by atoms with Crippen molar-refractivity contribution in [2.75, 3.05) is 18.0 Å². The van der Waals surface area contributed by atoms with Crippen LogP contribution in [-0.4, -0.2) is 40.0 Å². The van der Waals surface area contributed by atoms with Gasteiger partial charge in [0.2, 0.25) is 0 Å². The number of ether oxygens (including phenoxy) is 1. The molecule has 38 heavy (non-hydrogen) atoms. The van der Waals surface area contributed by atoms with Gasteiger partial charge in [0, 0.05) is 37.6 Å². The molecule has 0 saturated carbocycles. The molecule has 0 aliphatic carbocycles. The van der Waals surface area contributed by atoms with Gasteiger partial charge in [-0.1, -0.05) is 24.3 Å². The van der Waals surface area contributed by atoms with E-state index in [0.29, 0.717) is 23.4 Å². The number of alkyl halides is 3. The van der Waals surface area contributed by atoms with E-state index >= 15 is 0 Å². The number of nitrogens with zero attached hydrogens (tertiary/aromatic N) is 3. The summed E-state index contributed by atoms with van der Waals surface area (Å²) in [4.78, 5) is 29.4. The average molecular weight is 526 g/mol. The molecule has 1 saturated heterocycles. The highest BCUT2D eigenvalue weighted by atomic mass is 19.4. The van der Waals surface area contributed by atoms with Gasteiger partial charge < -0.3 is 19.9 Å². The van der Waals surface area contributed by atoms with Crippen molar-refractivity contribution >= 4 is 17.2 Å². The molecule has 0 spiro atoms. The number of piperidine rings is 1. The van der Waals surface area contributed by atoms with Gasteiger partial charge in [0.25, 0.3) is 11.5 Å². The predicted octanol–water partition coefficient (Wildman–Crippen LogP) is 4.54. The largest absolute Gasteiger partial charge is 0.573 e. The Labute approximate surface area is 216 Å². The molecule has 4 aromatic rings. The summed E-state index contributed by atoms with van der Waals surface area (Å²) in [6.07, 6.45) is -1.40. The maximum absolute atomic E-state index is 12.8. The summed E-state index contributed by atoms with van der Waals surface area (Å²) < 4.78 is 42.6. The van der Waals surface area contributed by atoms with E-state index in [0.717, 1.165) is 42.7 Å². The number of amides is 1. The Kier molecular flexibility index (Phi) is 6.83. The molecule has 1 aliphatic heterocycles. The Morgan fingerprint density at radius 3 is 2.42 bits per heavy atom. The number of aromatic nitrogens is 3. The standard InChI is InChI=1S/C27H26F3N5O3/c1-17-24(25-32-23(36)12-15-35(25)33-17)26(37)31-16-18-2-6-21(7-3-18)34-13-10-20(11-14-34)19-4-8-22(9-5-19)38-27(28,29)30/h2-9,12,15,20H,10-11,13-14,16H2,1H3,(H,31,37)(H,32,36).